The zero-order valence-electron chi connectivity index (χ0n) is 9.65. The Bertz CT molecular complexity index is 582. The average Bonchev–Trinajstić information content (AvgIpc) is 2.72. The SMILES string of the molecule is Cn1nccc1CNC(=O)c1ccc(F)cc1Cl. The number of nitrogens with zero attached hydrogens (tertiary/aromatic N) is 2. The molecule has 1 heterocycles. The van der Waals surface area contributed by atoms with Gasteiger partial charge >= 0.3 is 0 Å². The summed E-state index contributed by atoms with van der Waals surface area (Å²) in [7, 11) is 1.78. The van der Waals surface area contributed by atoms with Crippen LogP contribution in [0.4, 0.5) is 4.39 Å². The van der Waals surface area contributed by atoms with E-state index in [0.29, 0.717) is 6.54 Å². The standard InChI is InChI=1S/C12H11ClFN3O/c1-17-9(4-5-16-17)7-15-12(18)10-3-2-8(14)6-11(10)13/h2-6H,7H2,1H3,(H,15,18). The van der Waals surface area contributed by atoms with Gasteiger partial charge in [-0.15, -0.1) is 0 Å². The van der Waals surface area contributed by atoms with E-state index < -0.39 is 5.82 Å². The van der Waals surface area contributed by atoms with Crippen LogP contribution < -0.4 is 5.32 Å². The number of hydrogen-bond donors (Lipinski definition) is 1. The number of amides is 1. The number of carbonyl (C=O) groups is 1. The fourth-order valence-corrected chi connectivity index (χ4v) is 1.77. The molecule has 6 heteroatoms. The molecule has 94 valence electrons. The van der Waals surface area contributed by atoms with Gasteiger partial charge in [0.2, 0.25) is 0 Å². The molecule has 2 rings (SSSR count). The monoisotopic (exact) mass is 267 g/mol. The Morgan fingerprint density at radius 1 is 1.50 bits per heavy atom. The molecule has 0 aliphatic rings. The van der Waals surface area contributed by atoms with Gasteiger partial charge in [0.15, 0.2) is 0 Å². The van der Waals surface area contributed by atoms with E-state index in [-0.39, 0.29) is 16.5 Å². The summed E-state index contributed by atoms with van der Waals surface area (Å²) in [6.45, 7) is 0.336. The number of rotatable bonds is 3. The van der Waals surface area contributed by atoms with Crippen LogP contribution in [0.25, 0.3) is 0 Å². The topological polar surface area (TPSA) is 46.9 Å². The predicted molar refractivity (Wildman–Crippen MR) is 65.8 cm³/mol. The Morgan fingerprint density at radius 2 is 2.28 bits per heavy atom. The highest BCUT2D eigenvalue weighted by Gasteiger charge is 2.11. The number of halogens is 2. The van der Waals surface area contributed by atoms with E-state index in [0.717, 1.165) is 11.8 Å². The van der Waals surface area contributed by atoms with E-state index in [1.165, 1.54) is 12.1 Å². The van der Waals surface area contributed by atoms with Crippen molar-refractivity contribution in [1.29, 1.82) is 0 Å². The van der Waals surface area contributed by atoms with Gasteiger partial charge < -0.3 is 5.32 Å². The first-order valence-corrected chi connectivity index (χ1v) is 5.66. The van der Waals surface area contributed by atoms with Crippen molar-refractivity contribution >= 4 is 17.5 Å². The minimum absolute atomic E-state index is 0.0949. The molecule has 0 aliphatic heterocycles. The van der Waals surface area contributed by atoms with Crippen molar-refractivity contribution in [1.82, 2.24) is 15.1 Å². The number of benzene rings is 1. The smallest absolute Gasteiger partial charge is 0.253 e. The summed E-state index contributed by atoms with van der Waals surface area (Å²) in [5, 5.41) is 6.78. The molecule has 4 nitrogen and oxygen atoms in total. The molecule has 0 bridgehead atoms. The van der Waals surface area contributed by atoms with E-state index in [1.807, 2.05) is 0 Å². The van der Waals surface area contributed by atoms with E-state index in [1.54, 1.807) is 24.0 Å². The fourth-order valence-electron chi connectivity index (χ4n) is 1.51. The highest BCUT2D eigenvalue weighted by atomic mass is 35.5. The lowest BCUT2D eigenvalue weighted by atomic mass is 10.2. The molecule has 0 unspecified atom stereocenters. The van der Waals surface area contributed by atoms with Crippen LogP contribution in [0.15, 0.2) is 30.5 Å². The van der Waals surface area contributed by atoms with E-state index >= 15 is 0 Å². The number of aromatic nitrogens is 2. The Kier molecular flexibility index (Phi) is 3.62. The van der Waals surface area contributed by atoms with Crippen LogP contribution in [0.1, 0.15) is 16.1 Å². The molecule has 0 spiro atoms. The highest BCUT2D eigenvalue weighted by Crippen LogP contribution is 2.17. The quantitative estimate of drug-likeness (QED) is 0.926. The van der Waals surface area contributed by atoms with Crippen molar-refractivity contribution in [3.8, 4) is 0 Å². The summed E-state index contributed by atoms with van der Waals surface area (Å²) < 4.78 is 14.5. The van der Waals surface area contributed by atoms with Crippen LogP contribution >= 0.6 is 11.6 Å². The van der Waals surface area contributed by atoms with Crippen LogP contribution in [0.5, 0.6) is 0 Å². The van der Waals surface area contributed by atoms with Crippen LogP contribution in [-0.4, -0.2) is 15.7 Å². The summed E-state index contributed by atoms with van der Waals surface area (Å²) in [5.74, 6) is -0.815. The average molecular weight is 268 g/mol. The van der Waals surface area contributed by atoms with Crippen LogP contribution in [0.2, 0.25) is 5.02 Å². The van der Waals surface area contributed by atoms with Gasteiger partial charge in [0.05, 0.1) is 22.8 Å². The number of nitrogens with one attached hydrogen (secondary N) is 1. The van der Waals surface area contributed by atoms with E-state index in [2.05, 4.69) is 10.4 Å². The van der Waals surface area contributed by atoms with Crippen LogP contribution in [0.3, 0.4) is 0 Å². The molecule has 2 aromatic rings. The van der Waals surface area contributed by atoms with Gasteiger partial charge in [-0.05, 0) is 24.3 Å². The second-order valence-corrected chi connectivity index (χ2v) is 4.16. The fraction of sp³-hybridized carbons (Fsp3) is 0.167. The predicted octanol–water partition coefficient (Wildman–Crippen LogP) is 2.14. The third kappa shape index (κ3) is 2.68. The molecule has 0 saturated carbocycles. The van der Waals surface area contributed by atoms with Gasteiger partial charge in [0.1, 0.15) is 5.82 Å². The Hall–Kier alpha value is -1.88. The van der Waals surface area contributed by atoms with Crippen molar-refractivity contribution in [3.05, 3.63) is 52.6 Å². The molecule has 1 N–H and O–H groups in total. The van der Waals surface area contributed by atoms with Gasteiger partial charge in [-0.2, -0.15) is 5.10 Å². The molecule has 0 fully saturated rings. The summed E-state index contributed by atoms with van der Waals surface area (Å²) in [5.41, 5.74) is 1.11. The molecule has 1 aromatic heterocycles. The molecular formula is C12H11ClFN3O. The lowest BCUT2D eigenvalue weighted by Gasteiger charge is -2.07. The Morgan fingerprint density at radius 3 is 2.89 bits per heavy atom. The van der Waals surface area contributed by atoms with Crippen LogP contribution in [-0.2, 0) is 13.6 Å². The third-order valence-corrected chi connectivity index (χ3v) is 2.84. The van der Waals surface area contributed by atoms with Gasteiger partial charge in [0.25, 0.3) is 5.91 Å². The lowest BCUT2D eigenvalue weighted by Crippen LogP contribution is -2.24. The first-order valence-electron chi connectivity index (χ1n) is 5.28. The van der Waals surface area contributed by atoms with Gasteiger partial charge in [-0.25, -0.2) is 4.39 Å². The van der Waals surface area contributed by atoms with Gasteiger partial charge in [0, 0.05) is 13.2 Å². The lowest BCUT2D eigenvalue weighted by molar-refractivity contribution is 0.0950. The number of hydrogen-bond acceptors (Lipinski definition) is 2. The molecule has 1 amide bonds. The molecule has 0 saturated heterocycles. The molecule has 0 radical (unpaired) electrons. The first-order chi connectivity index (χ1) is 8.58. The molecule has 18 heavy (non-hydrogen) atoms. The molecule has 0 aliphatic carbocycles. The third-order valence-electron chi connectivity index (χ3n) is 2.53. The first kappa shape index (κ1) is 12.6. The minimum atomic E-state index is -0.469. The number of carbonyl (C=O) groups excluding carboxylic acids is 1. The maximum absolute atomic E-state index is 12.8. The summed E-state index contributed by atoms with van der Waals surface area (Å²) in [6, 6.07) is 5.47. The van der Waals surface area contributed by atoms with Crippen molar-refractivity contribution in [2.24, 2.45) is 7.05 Å². The van der Waals surface area contributed by atoms with Crippen molar-refractivity contribution in [2.45, 2.75) is 6.54 Å². The van der Waals surface area contributed by atoms with Crippen molar-refractivity contribution in [2.75, 3.05) is 0 Å². The molecule has 0 atom stereocenters. The number of aryl methyl sites for hydroxylation is 1. The minimum Gasteiger partial charge on any atom is -0.346 e. The maximum Gasteiger partial charge on any atom is 0.253 e. The van der Waals surface area contributed by atoms with E-state index in [9.17, 15) is 9.18 Å². The largest absolute Gasteiger partial charge is 0.346 e. The second-order valence-electron chi connectivity index (χ2n) is 3.75. The summed E-state index contributed by atoms with van der Waals surface area (Å²) >= 11 is 5.80. The van der Waals surface area contributed by atoms with Crippen molar-refractivity contribution < 1.29 is 9.18 Å². The Labute approximate surface area is 108 Å². The van der Waals surface area contributed by atoms with Crippen LogP contribution in [0, 0.1) is 5.82 Å². The Balaban J connectivity index is 2.06. The summed E-state index contributed by atoms with van der Waals surface area (Å²) in [6.07, 6.45) is 1.65. The maximum atomic E-state index is 12.8. The van der Waals surface area contributed by atoms with Gasteiger partial charge in [-0.1, -0.05) is 11.6 Å². The molecular weight excluding hydrogens is 257 g/mol. The zero-order chi connectivity index (χ0) is 13.1. The summed E-state index contributed by atoms with van der Waals surface area (Å²) in [4.78, 5) is 11.8. The normalized spacial score (nSPS) is 10.4. The van der Waals surface area contributed by atoms with E-state index in [4.69, 9.17) is 11.6 Å². The molecule has 1 aromatic carbocycles. The van der Waals surface area contributed by atoms with Gasteiger partial charge in [-0.3, -0.25) is 9.48 Å². The highest BCUT2D eigenvalue weighted by molar-refractivity contribution is 6.33. The van der Waals surface area contributed by atoms with Crippen molar-refractivity contribution in [3.63, 3.8) is 0 Å². The second kappa shape index (κ2) is 5.18. The zero-order valence-corrected chi connectivity index (χ0v) is 10.4.